The third kappa shape index (κ3) is 8.17. The van der Waals surface area contributed by atoms with Gasteiger partial charge in [-0.25, -0.2) is 0 Å². The summed E-state index contributed by atoms with van der Waals surface area (Å²) < 4.78 is 0. The topological polar surface area (TPSA) is 149 Å². The molecule has 0 unspecified atom stereocenters. The number of carbonyl (C=O) groups excluding carboxylic acids is 2. The van der Waals surface area contributed by atoms with Crippen molar-refractivity contribution in [1.82, 2.24) is 16.0 Å². The van der Waals surface area contributed by atoms with Crippen molar-refractivity contribution < 1.29 is 19.6 Å². The Morgan fingerprint density at radius 2 is 1.89 bits per heavy atom. The molecule has 0 aromatic carbocycles. The Morgan fingerprint density at radius 1 is 1.26 bits per heavy atom. The molecule has 0 bridgehead atoms. The molecule has 1 fully saturated rings. The molecule has 27 heavy (non-hydrogen) atoms. The van der Waals surface area contributed by atoms with Crippen molar-refractivity contribution in [1.29, 1.82) is 0 Å². The smallest absolute Gasteiger partial charge is 0.426 e. The van der Waals surface area contributed by atoms with Crippen molar-refractivity contribution in [3.8, 4) is 0 Å². The average Bonchev–Trinajstić information content (AvgIpc) is 3.34. The Balaban J connectivity index is 2.69. The van der Waals surface area contributed by atoms with Gasteiger partial charge in [-0.05, 0) is 38.0 Å². The number of amides is 2. The second-order valence-corrected chi connectivity index (χ2v) is 7.92. The molecule has 0 aromatic rings. The summed E-state index contributed by atoms with van der Waals surface area (Å²) in [5.41, 5.74) is 5.18. The fraction of sp³-hybridized carbons (Fsp3) is 0.824. The van der Waals surface area contributed by atoms with Crippen LogP contribution in [0.5, 0.6) is 0 Å². The van der Waals surface area contributed by atoms with Gasteiger partial charge in [0.15, 0.2) is 5.96 Å². The third-order valence-corrected chi connectivity index (χ3v) is 4.80. The van der Waals surface area contributed by atoms with Crippen LogP contribution < -0.4 is 21.7 Å². The molecule has 0 aliphatic heterocycles. The predicted octanol–water partition coefficient (Wildman–Crippen LogP) is -0.871. The third-order valence-electron chi connectivity index (χ3n) is 4.80. The van der Waals surface area contributed by atoms with Crippen LogP contribution in [0.1, 0.15) is 52.9 Å². The lowest BCUT2D eigenvalue weighted by Crippen LogP contribution is -2.55. The van der Waals surface area contributed by atoms with E-state index in [0.717, 1.165) is 12.8 Å². The number of aliphatic imine (C=N–C) groups is 1. The zero-order chi connectivity index (χ0) is 20.6. The largest absolute Gasteiger partial charge is 0.475 e. The summed E-state index contributed by atoms with van der Waals surface area (Å²) in [6.45, 7) is 6.24. The molecule has 0 aromatic heterocycles. The van der Waals surface area contributed by atoms with Crippen LogP contribution in [0, 0.1) is 11.3 Å². The standard InChI is InChI=1S/C17H34BN5O4/c1-11(2)10-13(18(26)27)23-14(24)12(6-5-9-21-16(19)20-4)22-15(25)17(3)7-8-17/h11-13,26-27H,5-10H2,1-4H3,(H,22,25)(H,23,24)(H3,19,20,21)/t12-,13-/m0/s1. The van der Waals surface area contributed by atoms with E-state index in [9.17, 15) is 19.6 Å². The number of guanidine groups is 1. The van der Waals surface area contributed by atoms with Gasteiger partial charge in [-0.15, -0.1) is 0 Å². The Labute approximate surface area is 161 Å². The maximum absolute atomic E-state index is 12.7. The molecule has 0 radical (unpaired) electrons. The summed E-state index contributed by atoms with van der Waals surface area (Å²) in [6.07, 6.45) is 3.02. The number of nitrogens with one attached hydrogen (secondary N) is 3. The fourth-order valence-electron chi connectivity index (χ4n) is 2.66. The Bertz CT molecular complexity index is 537. The monoisotopic (exact) mass is 383 g/mol. The second-order valence-electron chi connectivity index (χ2n) is 7.92. The van der Waals surface area contributed by atoms with Gasteiger partial charge in [-0.3, -0.25) is 14.6 Å². The minimum absolute atomic E-state index is 0.143. The van der Waals surface area contributed by atoms with E-state index in [-0.39, 0.29) is 11.8 Å². The quantitative estimate of drug-likeness (QED) is 0.118. The highest BCUT2D eigenvalue weighted by Crippen LogP contribution is 2.45. The van der Waals surface area contributed by atoms with Gasteiger partial charge in [-0.2, -0.15) is 0 Å². The van der Waals surface area contributed by atoms with Crippen LogP contribution >= 0.6 is 0 Å². The summed E-state index contributed by atoms with van der Waals surface area (Å²) in [6, 6.07) is -0.745. The van der Waals surface area contributed by atoms with Gasteiger partial charge in [0, 0.05) is 19.0 Å². The SMILES string of the molecule is CN=C(N)NCCC[C@H](NC(=O)C1(C)CC1)C(=O)N[C@@H](CC(C)C)B(O)O. The zero-order valence-electron chi connectivity index (χ0n) is 16.8. The zero-order valence-corrected chi connectivity index (χ0v) is 16.8. The number of rotatable bonds is 11. The first-order valence-corrected chi connectivity index (χ1v) is 9.52. The van der Waals surface area contributed by atoms with Crippen molar-refractivity contribution in [2.75, 3.05) is 13.6 Å². The molecule has 7 N–H and O–H groups in total. The summed E-state index contributed by atoms with van der Waals surface area (Å²) in [5, 5.41) is 27.5. The van der Waals surface area contributed by atoms with Crippen LogP contribution in [0.15, 0.2) is 4.99 Å². The van der Waals surface area contributed by atoms with Crippen LogP contribution in [0.4, 0.5) is 0 Å². The van der Waals surface area contributed by atoms with Crippen molar-refractivity contribution in [2.45, 2.75) is 64.9 Å². The van der Waals surface area contributed by atoms with Crippen molar-refractivity contribution in [3.05, 3.63) is 0 Å². The first kappa shape index (κ1) is 23.2. The first-order chi connectivity index (χ1) is 12.6. The minimum Gasteiger partial charge on any atom is -0.426 e. The van der Waals surface area contributed by atoms with Crippen molar-refractivity contribution in [2.24, 2.45) is 22.1 Å². The Morgan fingerprint density at radius 3 is 2.37 bits per heavy atom. The first-order valence-electron chi connectivity index (χ1n) is 9.52. The summed E-state index contributed by atoms with van der Waals surface area (Å²) in [4.78, 5) is 28.9. The molecule has 1 aliphatic rings. The molecule has 1 saturated carbocycles. The summed E-state index contributed by atoms with van der Waals surface area (Å²) in [7, 11) is -0.0830. The molecule has 2 amide bonds. The maximum Gasteiger partial charge on any atom is 0.475 e. The van der Waals surface area contributed by atoms with Crippen molar-refractivity contribution in [3.63, 3.8) is 0 Å². The molecule has 154 valence electrons. The van der Waals surface area contributed by atoms with E-state index in [2.05, 4.69) is 20.9 Å². The van der Waals surface area contributed by atoms with Gasteiger partial charge in [0.25, 0.3) is 0 Å². The van der Waals surface area contributed by atoms with Crippen LogP contribution in [-0.4, -0.2) is 60.5 Å². The van der Waals surface area contributed by atoms with Crippen LogP contribution in [0.25, 0.3) is 0 Å². The molecule has 10 heteroatoms. The van der Waals surface area contributed by atoms with Gasteiger partial charge < -0.3 is 31.7 Å². The Kier molecular flexibility index (Phi) is 9.04. The molecule has 2 atom stereocenters. The molecular formula is C17H34BN5O4. The molecule has 1 rings (SSSR count). The molecule has 0 heterocycles. The number of hydrogen-bond donors (Lipinski definition) is 6. The normalized spacial score (nSPS) is 17.8. The van der Waals surface area contributed by atoms with Gasteiger partial charge in [0.05, 0.1) is 5.94 Å². The lowest BCUT2D eigenvalue weighted by Gasteiger charge is -2.25. The Hall–Kier alpha value is -1.81. The summed E-state index contributed by atoms with van der Waals surface area (Å²) >= 11 is 0. The molecule has 0 spiro atoms. The van der Waals surface area contributed by atoms with Gasteiger partial charge in [0.2, 0.25) is 11.8 Å². The number of hydrogen-bond acceptors (Lipinski definition) is 5. The van der Waals surface area contributed by atoms with Gasteiger partial charge in [0.1, 0.15) is 6.04 Å². The minimum atomic E-state index is -1.66. The van der Waals surface area contributed by atoms with Crippen LogP contribution in [-0.2, 0) is 9.59 Å². The van der Waals surface area contributed by atoms with E-state index < -0.39 is 30.4 Å². The average molecular weight is 383 g/mol. The van der Waals surface area contributed by atoms with E-state index in [1.54, 1.807) is 7.05 Å². The van der Waals surface area contributed by atoms with E-state index in [0.29, 0.717) is 31.8 Å². The fourth-order valence-corrected chi connectivity index (χ4v) is 2.66. The van der Waals surface area contributed by atoms with E-state index >= 15 is 0 Å². The highest BCUT2D eigenvalue weighted by Gasteiger charge is 2.46. The van der Waals surface area contributed by atoms with Crippen molar-refractivity contribution >= 4 is 24.9 Å². The highest BCUT2D eigenvalue weighted by atomic mass is 16.4. The van der Waals surface area contributed by atoms with Crippen LogP contribution in [0.3, 0.4) is 0 Å². The molecular weight excluding hydrogens is 349 g/mol. The summed E-state index contributed by atoms with van der Waals surface area (Å²) in [5.74, 6) is -0.852. The lowest BCUT2D eigenvalue weighted by molar-refractivity contribution is -0.132. The van der Waals surface area contributed by atoms with Crippen LogP contribution in [0.2, 0.25) is 0 Å². The molecule has 1 aliphatic carbocycles. The molecule has 9 nitrogen and oxygen atoms in total. The van der Waals surface area contributed by atoms with E-state index in [4.69, 9.17) is 5.73 Å². The number of nitrogens with two attached hydrogens (primary N) is 1. The van der Waals surface area contributed by atoms with E-state index in [1.165, 1.54) is 0 Å². The highest BCUT2D eigenvalue weighted by molar-refractivity contribution is 6.43. The number of carbonyl (C=O) groups is 2. The second kappa shape index (κ2) is 10.5. The van der Waals surface area contributed by atoms with Gasteiger partial charge >= 0.3 is 7.12 Å². The number of nitrogens with zero attached hydrogens (tertiary/aromatic N) is 1. The maximum atomic E-state index is 12.7. The predicted molar refractivity (Wildman–Crippen MR) is 106 cm³/mol. The molecule has 0 saturated heterocycles. The van der Waals surface area contributed by atoms with Gasteiger partial charge in [-0.1, -0.05) is 20.8 Å². The lowest BCUT2D eigenvalue weighted by atomic mass is 9.75. The van der Waals surface area contributed by atoms with E-state index in [1.807, 2.05) is 20.8 Å².